The largest absolute Gasteiger partial charge is 0.340 e. The van der Waals surface area contributed by atoms with E-state index in [1.807, 2.05) is 0 Å². The normalized spacial score (nSPS) is 24.5. The number of amides is 2. The molecule has 0 saturated carbocycles. The number of pyridine rings is 1. The molecule has 4 heterocycles. The van der Waals surface area contributed by atoms with E-state index in [1.54, 1.807) is 23.2 Å². The summed E-state index contributed by atoms with van der Waals surface area (Å²) < 4.78 is 27.1. The SMILES string of the molecule is O=C1CN(S(=O)(=O)Cc2cccnc2)C2CCN(C(=O)CCC(=O)N3CCNCC3)C12. The third kappa shape index (κ3) is 4.63. The number of hydrogen-bond acceptors (Lipinski definition) is 7. The van der Waals surface area contributed by atoms with Gasteiger partial charge < -0.3 is 15.1 Å². The molecule has 10 nitrogen and oxygen atoms in total. The Hall–Kier alpha value is -2.37. The Kier molecular flexibility index (Phi) is 6.35. The number of Topliss-reactive ketones (excluding diaryl/α,β-unsaturated/α-hetero) is 1. The van der Waals surface area contributed by atoms with Gasteiger partial charge in [0.15, 0.2) is 5.78 Å². The zero-order valence-corrected chi connectivity index (χ0v) is 18.1. The number of piperazine rings is 1. The van der Waals surface area contributed by atoms with Crippen molar-refractivity contribution in [2.24, 2.45) is 0 Å². The highest BCUT2D eigenvalue weighted by atomic mass is 32.2. The van der Waals surface area contributed by atoms with Crippen LogP contribution in [0, 0.1) is 0 Å². The zero-order chi connectivity index (χ0) is 22.0. The molecule has 1 aromatic heterocycles. The molecule has 1 N–H and O–H groups in total. The van der Waals surface area contributed by atoms with Gasteiger partial charge in [0.05, 0.1) is 18.3 Å². The van der Waals surface area contributed by atoms with Crippen molar-refractivity contribution < 1.29 is 22.8 Å². The van der Waals surface area contributed by atoms with Gasteiger partial charge in [-0.1, -0.05) is 6.07 Å². The second-order valence-corrected chi connectivity index (χ2v) is 10.1. The molecule has 2 unspecified atom stereocenters. The molecule has 11 heteroatoms. The Bertz CT molecular complexity index is 948. The van der Waals surface area contributed by atoms with E-state index >= 15 is 0 Å². The first-order valence-electron chi connectivity index (χ1n) is 10.6. The van der Waals surface area contributed by atoms with Crippen LogP contribution in [0.1, 0.15) is 24.8 Å². The molecule has 0 aromatic carbocycles. The molecule has 0 radical (unpaired) electrons. The van der Waals surface area contributed by atoms with Gasteiger partial charge in [0, 0.05) is 58.0 Å². The highest BCUT2D eigenvalue weighted by Crippen LogP contribution is 2.33. The minimum absolute atomic E-state index is 0.0295. The summed E-state index contributed by atoms with van der Waals surface area (Å²) in [5.41, 5.74) is 0.552. The first-order valence-corrected chi connectivity index (χ1v) is 12.2. The van der Waals surface area contributed by atoms with Gasteiger partial charge in [-0.2, -0.15) is 4.31 Å². The second-order valence-electron chi connectivity index (χ2n) is 8.15. The summed E-state index contributed by atoms with van der Waals surface area (Å²) in [5, 5.41) is 3.18. The van der Waals surface area contributed by atoms with Gasteiger partial charge in [-0.15, -0.1) is 0 Å². The number of nitrogens with one attached hydrogen (secondary N) is 1. The van der Waals surface area contributed by atoms with E-state index < -0.39 is 22.1 Å². The zero-order valence-electron chi connectivity index (χ0n) is 17.3. The fourth-order valence-electron chi connectivity index (χ4n) is 4.62. The number of rotatable bonds is 6. The molecule has 31 heavy (non-hydrogen) atoms. The fourth-order valence-corrected chi connectivity index (χ4v) is 6.34. The number of hydrogen-bond donors (Lipinski definition) is 1. The highest BCUT2D eigenvalue weighted by molar-refractivity contribution is 7.88. The standard InChI is InChI=1S/C20H27N5O5S/c26-17-13-25(31(29,30)14-15-2-1-6-22-12-15)16-5-9-24(20(16)17)19(28)4-3-18(27)23-10-7-21-8-11-23/h1-2,6,12,16,20-21H,3-5,7-11,13-14H2. The van der Waals surface area contributed by atoms with Crippen LogP contribution in [-0.4, -0.2) is 96.5 Å². The summed E-state index contributed by atoms with van der Waals surface area (Å²) in [5.74, 6) is -0.830. The molecule has 3 saturated heterocycles. The van der Waals surface area contributed by atoms with Crippen molar-refractivity contribution in [3.05, 3.63) is 30.1 Å². The molecule has 2 atom stereocenters. The number of likely N-dealkylation sites (tertiary alicyclic amines) is 1. The smallest absolute Gasteiger partial charge is 0.223 e. The monoisotopic (exact) mass is 449 g/mol. The van der Waals surface area contributed by atoms with Crippen LogP contribution in [0.4, 0.5) is 0 Å². The molecular weight excluding hydrogens is 422 g/mol. The van der Waals surface area contributed by atoms with E-state index in [1.165, 1.54) is 15.4 Å². The molecule has 2 amide bonds. The number of sulfonamides is 1. The van der Waals surface area contributed by atoms with Crippen LogP contribution in [0.2, 0.25) is 0 Å². The predicted molar refractivity (Wildman–Crippen MR) is 111 cm³/mol. The highest BCUT2D eigenvalue weighted by Gasteiger charge is 2.53. The van der Waals surface area contributed by atoms with Crippen LogP contribution in [-0.2, 0) is 30.2 Å². The van der Waals surface area contributed by atoms with E-state index in [4.69, 9.17) is 0 Å². The molecule has 3 aliphatic rings. The van der Waals surface area contributed by atoms with E-state index in [2.05, 4.69) is 10.3 Å². The molecule has 1 aromatic rings. The van der Waals surface area contributed by atoms with E-state index in [9.17, 15) is 22.8 Å². The van der Waals surface area contributed by atoms with Crippen molar-refractivity contribution in [1.29, 1.82) is 0 Å². The van der Waals surface area contributed by atoms with Crippen LogP contribution in [0.15, 0.2) is 24.5 Å². The van der Waals surface area contributed by atoms with Crippen molar-refractivity contribution in [2.45, 2.75) is 37.1 Å². The lowest BCUT2D eigenvalue weighted by atomic mass is 10.1. The number of ketones is 1. The number of nitrogens with zero attached hydrogens (tertiary/aromatic N) is 4. The molecule has 3 aliphatic heterocycles. The lowest BCUT2D eigenvalue weighted by Crippen LogP contribution is -2.47. The van der Waals surface area contributed by atoms with Crippen LogP contribution in [0.3, 0.4) is 0 Å². The maximum atomic E-state index is 12.9. The van der Waals surface area contributed by atoms with Crippen molar-refractivity contribution >= 4 is 27.6 Å². The molecular formula is C20H27N5O5S. The van der Waals surface area contributed by atoms with Gasteiger partial charge in [0.1, 0.15) is 6.04 Å². The quantitative estimate of drug-likeness (QED) is 0.590. The topological polar surface area (TPSA) is 120 Å². The van der Waals surface area contributed by atoms with Gasteiger partial charge in [-0.3, -0.25) is 19.4 Å². The number of carbonyl (C=O) groups is 3. The summed E-state index contributed by atoms with van der Waals surface area (Å²) in [6.07, 6.45) is 3.61. The van der Waals surface area contributed by atoms with Crippen LogP contribution in [0.5, 0.6) is 0 Å². The Morgan fingerprint density at radius 2 is 1.87 bits per heavy atom. The third-order valence-electron chi connectivity index (χ3n) is 6.15. The molecule has 0 aliphatic carbocycles. The summed E-state index contributed by atoms with van der Waals surface area (Å²) in [4.78, 5) is 44.9. The molecule has 0 bridgehead atoms. The van der Waals surface area contributed by atoms with Crippen LogP contribution >= 0.6 is 0 Å². The molecule has 3 fully saturated rings. The van der Waals surface area contributed by atoms with Crippen molar-refractivity contribution in [3.63, 3.8) is 0 Å². The summed E-state index contributed by atoms with van der Waals surface area (Å²) in [6.45, 7) is 2.84. The van der Waals surface area contributed by atoms with Gasteiger partial charge >= 0.3 is 0 Å². The summed E-state index contributed by atoms with van der Waals surface area (Å²) in [6, 6.07) is 2.05. The first-order chi connectivity index (χ1) is 14.9. The number of carbonyl (C=O) groups excluding carboxylic acids is 3. The number of aromatic nitrogens is 1. The average Bonchev–Trinajstić information content (AvgIpc) is 3.34. The average molecular weight is 450 g/mol. The maximum absolute atomic E-state index is 12.9. The minimum Gasteiger partial charge on any atom is -0.340 e. The lowest BCUT2D eigenvalue weighted by Gasteiger charge is -2.28. The van der Waals surface area contributed by atoms with E-state index in [-0.39, 0.29) is 42.7 Å². The Morgan fingerprint density at radius 3 is 2.58 bits per heavy atom. The fraction of sp³-hybridized carbons (Fsp3) is 0.600. The van der Waals surface area contributed by atoms with Crippen LogP contribution < -0.4 is 5.32 Å². The van der Waals surface area contributed by atoms with Gasteiger partial charge in [0.25, 0.3) is 0 Å². The Labute approximate surface area is 181 Å². The first kappa shape index (κ1) is 21.8. The maximum Gasteiger partial charge on any atom is 0.223 e. The number of fused-ring (bicyclic) bond motifs is 1. The van der Waals surface area contributed by atoms with Crippen molar-refractivity contribution in [2.75, 3.05) is 39.3 Å². The van der Waals surface area contributed by atoms with Crippen molar-refractivity contribution in [1.82, 2.24) is 24.4 Å². The minimum atomic E-state index is -3.72. The van der Waals surface area contributed by atoms with Crippen molar-refractivity contribution in [3.8, 4) is 0 Å². The second kappa shape index (κ2) is 9.01. The molecule has 0 spiro atoms. The Balaban J connectivity index is 1.38. The van der Waals surface area contributed by atoms with Gasteiger partial charge in [-0.25, -0.2) is 8.42 Å². The van der Waals surface area contributed by atoms with Gasteiger partial charge in [0.2, 0.25) is 21.8 Å². The summed E-state index contributed by atoms with van der Waals surface area (Å²) in [7, 11) is -3.72. The lowest BCUT2D eigenvalue weighted by molar-refractivity contribution is -0.139. The molecule has 4 rings (SSSR count). The van der Waals surface area contributed by atoms with E-state index in [0.717, 1.165) is 13.1 Å². The Morgan fingerprint density at radius 1 is 1.13 bits per heavy atom. The third-order valence-corrected chi connectivity index (χ3v) is 7.96. The predicted octanol–water partition coefficient (Wildman–Crippen LogP) is -1.02. The van der Waals surface area contributed by atoms with E-state index in [0.29, 0.717) is 31.6 Å². The van der Waals surface area contributed by atoms with Gasteiger partial charge in [-0.05, 0) is 18.1 Å². The summed E-state index contributed by atoms with van der Waals surface area (Å²) >= 11 is 0. The molecule has 168 valence electrons. The van der Waals surface area contributed by atoms with Crippen LogP contribution in [0.25, 0.3) is 0 Å².